The molecular formula is C23H29IN4O2. The monoisotopic (exact) mass is 520 g/mol. The molecule has 3 rings (SSSR count). The minimum Gasteiger partial charge on any atom is -0.494 e. The number of aryl methyl sites for hydroxylation is 1. The number of benzene rings is 2. The average Bonchev–Trinajstić information content (AvgIpc) is 3.21. The van der Waals surface area contributed by atoms with Gasteiger partial charge in [0.1, 0.15) is 12.0 Å². The van der Waals surface area contributed by atoms with Crippen molar-refractivity contribution in [3.63, 3.8) is 0 Å². The van der Waals surface area contributed by atoms with Crippen molar-refractivity contribution in [3.05, 3.63) is 71.6 Å². The molecule has 2 aromatic carbocycles. The molecule has 1 aromatic heterocycles. The van der Waals surface area contributed by atoms with E-state index >= 15 is 0 Å². The maximum Gasteiger partial charge on any atom is 0.226 e. The molecule has 2 N–H and O–H groups in total. The fourth-order valence-electron chi connectivity index (χ4n) is 2.93. The van der Waals surface area contributed by atoms with Crippen LogP contribution in [0.1, 0.15) is 23.7 Å². The van der Waals surface area contributed by atoms with Gasteiger partial charge in [-0.15, -0.1) is 24.0 Å². The number of hydrogen-bond donors (Lipinski definition) is 2. The quantitative estimate of drug-likeness (QED) is 0.259. The van der Waals surface area contributed by atoms with Gasteiger partial charge in [0.15, 0.2) is 5.96 Å². The van der Waals surface area contributed by atoms with Crippen molar-refractivity contribution >= 4 is 29.9 Å². The molecule has 0 atom stereocenters. The number of aromatic nitrogens is 1. The van der Waals surface area contributed by atoms with Gasteiger partial charge in [0.25, 0.3) is 0 Å². The Morgan fingerprint density at radius 3 is 2.60 bits per heavy atom. The molecule has 0 radical (unpaired) electrons. The molecule has 0 saturated heterocycles. The zero-order valence-corrected chi connectivity index (χ0v) is 20.0. The highest BCUT2D eigenvalue weighted by Gasteiger charge is 2.08. The summed E-state index contributed by atoms with van der Waals surface area (Å²) in [5, 5.41) is 6.60. The van der Waals surface area contributed by atoms with Crippen molar-refractivity contribution in [3.8, 4) is 17.2 Å². The first kappa shape index (κ1) is 23.7. The normalized spacial score (nSPS) is 11.0. The van der Waals surface area contributed by atoms with Crippen LogP contribution in [0, 0.1) is 6.92 Å². The van der Waals surface area contributed by atoms with E-state index in [1.165, 1.54) is 11.1 Å². The number of oxazole rings is 1. The van der Waals surface area contributed by atoms with Crippen LogP contribution in [0.3, 0.4) is 0 Å². The predicted molar refractivity (Wildman–Crippen MR) is 132 cm³/mol. The number of para-hydroxylation sites is 1. The van der Waals surface area contributed by atoms with Crippen LogP contribution in [0.5, 0.6) is 5.75 Å². The number of aliphatic imine (C=N–C) groups is 1. The van der Waals surface area contributed by atoms with E-state index in [1.54, 1.807) is 13.3 Å². The lowest BCUT2D eigenvalue weighted by molar-refractivity contribution is 0.336. The minimum absolute atomic E-state index is 0. The molecule has 30 heavy (non-hydrogen) atoms. The molecule has 3 aromatic rings. The summed E-state index contributed by atoms with van der Waals surface area (Å²) in [4.78, 5) is 8.82. The standard InChI is InChI=1S/C23H28N4O2.HI/c1-4-28-21-8-6-5-7-18(21)13-14-25-23(24-3)26-15-20-16-29-22(27-20)19-11-9-17(2)10-12-19;/h5-12,16H,4,13-15H2,1-3H3,(H2,24,25,26);1H. The Labute approximate surface area is 195 Å². The van der Waals surface area contributed by atoms with Gasteiger partial charge in [0, 0.05) is 19.2 Å². The van der Waals surface area contributed by atoms with Gasteiger partial charge in [-0.2, -0.15) is 0 Å². The molecule has 0 unspecified atom stereocenters. The molecule has 0 aliphatic rings. The Balaban J connectivity index is 0.00000320. The lowest BCUT2D eigenvalue weighted by Crippen LogP contribution is -2.37. The Morgan fingerprint density at radius 1 is 1.10 bits per heavy atom. The first-order valence-electron chi connectivity index (χ1n) is 9.86. The summed E-state index contributed by atoms with van der Waals surface area (Å²) in [5.74, 6) is 2.28. The molecule has 0 saturated carbocycles. The topological polar surface area (TPSA) is 71.7 Å². The van der Waals surface area contributed by atoms with Gasteiger partial charge in [-0.05, 0) is 44.0 Å². The second-order valence-corrected chi connectivity index (χ2v) is 6.65. The molecule has 160 valence electrons. The van der Waals surface area contributed by atoms with Crippen molar-refractivity contribution in [2.75, 3.05) is 20.2 Å². The fraction of sp³-hybridized carbons (Fsp3) is 0.304. The number of ether oxygens (including phenoxy) is 1. The van der Waals surface area contributed by atoms with E-state index in [9.17, 15) is 0 Å². The van der Waals surface area contributed by atoms with Gasteiger partial charge in [-0.25, -0.2) is 4.98 Å². The molecule has 0 bridgehead atoms. The highest BCUT2D eigenvalue weighted by Crippen LogP contribution is 2.19. The van der Waals surface area contributed by atoms with E-state index in [0.717, 1.165) is 35.9 Å². The summed E-state index contributed by atoms with van der Waals surface area (Å²) >= 11 is 0. The molecule has 0 amide bonds. The first-order valence-corrected chi connectivity index (χ1v) is 9.86. The molecule has 0 aliphatic carbocycles. The van der Waals surface area contributed by atoms with Gasteiger partial charge in [0.05, 0.1) is 18.8 Å². The summed E-state index contributed by atoms with van der Waals surface area (Å²) in [7, 11) is 1.75. The molecule has 1 heterocycles. The van der Waals surface area contributed by atoms with Crippen LogP contribution in [0.15, 0.2) is 64.2 Å². The van der Waals surface area contributed by atoms with E-state index < -0.39 is 0 Å². The highest BCUT2D eigenvalue weighted by atomic mass is 127. The number of rotatable bonds is 8. The van der Waals surface area contributed by atoms with Gasteiger partial charge in [-0.1, -0.05) is 35.9 Å². The second-order valence-electron chi connectivity index (χ2n) is 6.65. The lowest BCUT2D eigenvalue weighted by atomic mass is 10.1. The van der Waals surface area contributed by atoms with E-state index in [-0.39, 0.29) is 24.0 Å². The Kier molecular flexibility index (Phi) is 9.66. The van der Waals surface area contributed by atoms with Crippen LogP contribution in [-0.4, -0.2) is 31.1 Å². The van der Waals surface area contributed by atoms with E-state index in [4.69, 9.17) is 9.15 Å². The molecule has 6 nitrogen and oxygen atoms in total. The van der Waals surface area contributed by atoms with Gasteiger partial charge >= 0.3 is 0 Å². The highest BCUT2D eigenvalue weighted by molar-refractivity contribution is 14.0. The number of guanidine groups is 1. The Morgan fingerprint density at radius 2 is 1.87 bits per heavy atom. The van der Waals surface area contributed by atoms with Crippen LogP contribution >= 0.6 is 24.0 Å². The summed E-state index contributed by atoms with van der Waals surface area (Å²) in [6.07, 6.45) is 2.52. The summed E-state index contributed by atoms with van der Waals surface area (Å²) < 4.78 is 11.3. The van der Waals surface area contributed by atoms with Crippen molar-refractivity contribution in [1.29, 1.82) is 0 Å². The molecule has 0 aliphatic heterocycles. The maximum atomic E-state index is 5.68. The van der Waals surface area contributed by atoms with E-state index in [0.29, 0.717) is 19.0 Å². The second kappa shape index (κ2) is 12.2. The first-order chi connectivity index (χ1) is 14.2. The van der Waals surface area contributed by atoms with Crippen molar-refractivity contribution in [2.24, 2.45) is 4.99 Å². The van der Waals surface area contributed by atoms with E-state index in [2.05, 4.69) is 33.6 Å². The summed E-state index contributed by atoms with van der Waals surface area (Å²) in [6.45, 7) is 6.00. The molecule has 0 spiro atoms. The van der Waals surface area contributed by atoms with Crippen LogP contribution in [0.2, 0.25) is 0 Å². The average molecular weight is 520 g/mol. The number of nitrogens with zero attached hydrogens (tertiary/aromatic N) is 2. The number of hydrogen-bond acceptors (Lipinski definition) is 4. The molecular weight excluding hydrogens is 491 g/mol. The number of halogens is 1. The number of nitrogens with one attached hydrogen (secondary N) is 2. The van der Waals surface area contributed by atoms with Crippen molar-refractivity contribution in [2.45, 2.75) is 26.8 Å². The maximum absolute atomic E-state index is 5.68. The third kappa shape index (κ3) is 6.76. The van der Waals surface area contributed by atoms with Crippen molar-refractivity contribution < 1.29 is 9.15 Å². The van der Waals surface area contributed by atoms with Crippen LogP contribution < -0.4 is 15.4 Å². The smallest absolute Gasteiger partial charge is 0.226 e. The van der Waals surface area contributed by atoms with Crippen LogP contribution in [0.4, 0.5) is 0 Å². The minimum atomic E-state index is 0. The Bertz CT molecular complexity index is 938. The van der Waals surface area contributed by atoms with Gasteiger partial charge in [-0.3, -0.25) is 4.99 Å². The summed E-state index contributed by atoms with van der Waals surface area (Å²) in [6, 6.07) is 16.2. The zero-order chi connectivity index (χ0) is 20.5. The van der Waals surface area contributed by atoms with Crippen LogP contribution in [0.25, 0.3) is 11.5 Å². The van der Waals surface area contributed by atoms with Gasteiger partial charge < -0.3 is 19.8 Å². The zero-order valence-electron chi connectivity index (χ0n) is 17.6. The predicted octanol–water partition coefficient (Wildman–Crippen LogP) is 4.57. The molecule has 7 heteroatoms. The third-order valence-electron chi connectivity index (χ3n) is 4.47. The largest absolute Gasteiger partial charge is 0.494 e. The fourth-order valence-corrected chi connectivity index (χ4v) is 2.93. The van der Waals surface area contributed by atoms with Gasteiger partial charge in [0.2, 0.25) is 5.89 Å². The van der Waals surface area contributed by atoms with E-state index in [1.807, 2.05) is 49.4 Å². The SMILES string of the molecule is CCOc1ccccc1CCNC(=NC)NCc1coc(-c2ccc(C)cc2)n1.I. The lowest BCUT2D eigenvalue weighted by Gasteiger charge is -2.13. The summed E-state index contributed by atoms with van der Waals surface area (Å²) in [5.41, 5.74) is 4.18. The Hall–Kier alpha value is -2.55. The van der Waals surface area contributed by atoms with Crippen LogP contribution in [-0.2, 0) is 13.0 Å². The third-order valence-corrected chi connectivity index (χ3v) is 4.47. The van der Waals surface area contributed by atoms with Crippen molar-refractivity contribution in [1.82, 2.24) is 15.6 Å². The molecule has 0 fully saturated rings.